The summed E-state index contributed by atoms with van der Waals surface area (Å²) in [6.45, 7) is -0.0483. The molecule has 8 nitrogen and oxygen atoms in total. The molecule has 0 amide bonds. The standard InChI is InChI=1S/C21H21NO7/c1-25-17-7-3-15(4-8-17)19(23)28-12-21(11-27-14-22-21)13-29-20(24)16-5-9-18(26-2)10-6-16/h3-10,14H,11-13H2,1-2H3. The highest BCUT2D eigenvalue weighted by atomic mass is 16.6. The Bertz CT molecular complexity index is 811. The van der Waals surface area contributed by atoms with E-state index in [1.54, 1.807) is 62.8 Å². The maximum absolute atomic E-state index is 12.3. The van der Waals surface area contributed by atoms with Crippen LogP contribution in [0.4, 0.5) is 0 Å². The maximum atomic E-state index is 12.3. The molecule has 0 bridgehead atoms. The molecule has 152 valence electrons. The number of carbonyl (C=O) groups excluding carboxylic acids is 2. The quantitative estimate of drug-likeness (QED) is 0.630. The molecule has 1 heterocycles. The molecule has 2 aromatic carbocycles. The number of ether oxygens (including phenoxy) is 5. The Morgan fingerprint density at radius 3 is 1.66 bits per heavy atom. The first kappa shape index (κ1) is 20.2. The van der Waals surface area contributed by atoms with Crippen LogP contribution >= 0.6 is 0 Å². The Hall–Kier alpha value is -3.55. The summed E-state index contributed by atoms with van der Waals surface area (Å²) in [4.78, 5) is 28.8. The molecule has 0 N–H and O–H groups in total. The summed E-state index contributed by atoms with van der Waals surface area (Å²) >= 11 is 0. The fraction of sp³-hybridized carbons (Fsp3) is 0.286. The number of esters is 2. The maximum Gasteiger partial charge on any atom is 0.338 e. The molecular formula is C21H21NO7. The van der Waals surface area contributed by atoms with Crippen molar-refractivity contribution in [3.8, 4) is 11.5 Å². The van der Waals surface area contributed by atoms with Crippen LogP contribution in [0.2, 0.25) is 0 Å². The van der Waals surface area contributed by atoms with Gasteiger partial charge in [-0.15, -0.1) is 0 Å². The second-order valence-electron chi connectivity index (χ2n) is 6.38. The minimum absolute atomic E-state index is 0.0930. The van der Waals surface area contributed by atoms with Gasteiger partial charge in [0.1, 0.15) is 31.3 Å². The number of benzene rings is 2. The molecule has 0 radical (unpaired) electrons. The van der Waals surface area contributed by atoms with Crippen molar-refractivity contribution < 1.29 is 33.3 Å². The lowest BCUT2D eigenvalue weighted by atomic mass is 10.1. The highest BCUT2D eigenvalue weighted by Gasteiger charge is 2.37. The number of methoxy groups -OCH3 is 2. The van der Waals surface area contributed by atoms with Crippen LogP contribution in [-0.2, 0) is 14.2 Å². The number of aliphatic imine (C=N–C) groups is 1. The molecule has 29 heavy (non-hydrogen) atoms. The van der Waals surface area contributed by atoms with Crippen molar-refractivity contribution >= 4 is 18.3 Å². The lowest BCUT2D eigenvalue weighted by molar-refractivity contribution is 0.0149. The van der Waals surface area contributed by atoms with E-state index in [1.165, 1.54) is 6.40 Å². The van der Waals surface area contributed by atoms with E-state index in [2.05, 4.69) is 4.99 Å². The highest BCUT2D eigenvalue weighted by molar-refractivity contribution is 5.90. The van der Waals surface area contributed by atoms with Crippen LogP contribution in [0.15, 0.2) is 53.5 Å². The normalized spacial score (nSPS) is 14.0. The van der Waals surface area contributed by atoms with Crippen molar-refractivity contribution in [1.82, 2.24) is 0 Å². The molecule has 0 saturated carbocycles. The minimum atomic E-state index is -0.982. The zero-order valence-electron chi connectivity index (χ0n) is 16.1. The highest BCUT2D eigenvalue weighted by Crippen LogP contribution is 2.20. The minimum Gasteiger partial charge on any atom is -0.497 e. The lowest BCUT2D eigenvalue weighted by Crippen LogP contribution is -2.41. The van der Waals surface area contributed by atoms with E-state index in [0.717, 1.165) is 0 Å². The fourth-order valence-electron chi connectivity index (χ4n) is 2.60. The molecule has 2 aromatic rings. The first-order valence-corrected chi connectivity index (χ1v) is 8.83. The molecule has 0 aromatic heterocycles. The third kappa shape index (κ3) is 5.04. The number of hydrogen-bond acceptors (Lipinski definition) is 8. The van der Waals surface area contributed by atoms with E-state index < -0.39 is 17.5 Å². The van der Waals surface area contributed by atoms with Crippen molar-refractivity contribution in [2.24, 2.45) is 4.99 Å². The molecule has 1 aliphatic rings. The number of hydrogen-bond donors (Lipinski definition) is 0. The van der Waals surface area contributed by atoms with E-state index in [1.807, 2.05) is 0 Å². The summed E-state index contributed by atoms with van der Waals surface area (Å²) in [7, 11) is 3.09. The topological polar surface area (TPSA) is 92.7 Å². The SMILES string of the molecule is COc1ccc(C(=O)OCC2(COC(=O)c3ccc(OC)cc3)COC=N2)cc1. The number of nitrogens with zero attached hydrogens (tertiary/aromatic N) is 1. The monoisotopic (exact) mass is 399 g/mol. The molecular weight excluding hydrogens is 378 g/mol. The van der Waals surface area contributed by atoms with Crippen LogP contribution in [0.1, 0.15) is 20.7 Å². The summed E-state index contributed by atoms with van der Waals surface area (Å²) in [6.07, 6.45) is 1.27. The van der Waals surface area contributed by atoms with Gasteiger partial charge >= 0.3 is 11.9 Å². The first-order chi connectivity index (χ1) is 14.0. The predicted octanol–water partition coefficient (Wildman–Crippen LogP) is 2.51. The summed E-state index contributed by atoms with van der Waals surface area (Å²) in [6, 6.07) is 13.1. The van der Waals surface area contributed by atoms with Crippen LogP contribution in [-0.4, -0.2) is 57.9 Å². The van der Waals surface area contributed by atoms with Gasteiger partial charge in [-0.1, -0.05) is 0 Å². The van der Waals surface area contributed by atoms with E-state index in [9.17, 15) is 9.59 Å². The van der Waals surface area contributed by atoms with Crippen molar-refractivity contribution in [2.75, 3.05) is 34.0 Å². The van der Waals surface area contributed by atoms with E-state index in [0.29, 0.717) is 22.6 Å². The first-order valence-electron chi connectivity index (χ1n) is 8.83. The summed E-state index contributed by atoms with van der Waals surface area (Å²) in [5, 5.41) is 0. The molecule has 8 heteroatoms. The molecule has 0 aliphatic carbocycles. The zero-order valence-corrected chi connectivity index (χ0v) is 16.1. The van der Waals surface area contributed by atoms with E-state index in [-0.39, 0.29) is 19.8 Å². The van der Waals surface area contributed by atoms with Crippen molar-refractivity contribution in [2.45, 2.75) is 5.54 Å². The third-order valence-electron chi connectivity index (χ3n) is 4.35. The zero-order chi connectivity index (χ0) is 20.7. The van der Waals surface area contributed by atoms with Crippen LogP contribution in [0.25, 0.3) is 0 Å². The van der Waals surface area contributed by atoms with Gasteiger partial charge < -0.3 is 23.7 Å². The van der Waals surface area contributed by atoms with Crippen LogP contribution < -0.4 is 9.47 Å². The van der Waals surface area contributed by atoms with E-state index in [4.69, 9.17) is 23.7 Å². The Labute approximate surface area is 168 Å². The van der Waals surface area contributed by atoms with Gasteiger partial charge in [0.2, 0.25) is 0 Å². The van der Waals surface area contributed by atoms with Crippen molar-refractivity contribution in [3.05, 3.63) is 59.7 Å². The van der Waals surface area contributed by atoms with Gasteiger partial charge in [-0.25, -0.2) is 14.6 Å². The van der Waals surface area contributed by atoms with Crippen LogP contribution in [0.5, 0.6) is 11.5 Å². The van der Waals surface area contributed by atoms with Gasteiger partial charge in [0.25, 0.3) is 0 Å². The van der Waals surface area contributed by atoms with Gasteiger partial charge in [0, 0.05) is 0 Å². The summed E-state index contributed by atoms with van der Waals surface area (Å²) in [5.74, 6) is 0.237. The molecule has 0 saturated heterocycles. The molecule has 0 unspecified atom stereocenters. The molecule has 0 fully saturated rings. The second kappa shape index (κ2) is 9.09. The molecule has 0 atom stereocenters. The van der Waals surface area contributed by atoms with Crippen LogP contribution in [0.3, 0.4) is 0 Å². The largest absolute Gasteiger partial charge is 0.497 e. The Morgan fingerprint density at radius 2 is 1.31 bits per heavy atom. The van der Waals surface area contributed by atoms with Gasteiger partial charge in [0.15, 0.2) is 11.9 Å². The summed E-state index contributed by atoms with van der Waals surface area (Å²) in [5.41, 5.74) is -0.234. The second-order valence-corrected chi connectivity index (χ2v) is 6.38. The Balaban J connectivity index is 1.58. The van der Waals surface area contributed by atoms with Crippen LogP contribution in [0, 0.1) is 0 Å². The van der Waals surface area contributed by atoms with E-state index >= 15 is 0 Å². The average Bonchev–Trinajstić information content (AvgIpc) is 3.25. The molecule has 3 rings (SSSR count). The van der Waals surface area contributed by atoms with Gasteiger partial charge in [-0.2, -0.15) is 0 Å². The lowest BCUT2D eigenvalue weighted by Gasteiger charge is -2.23. The average molecular weight is 399 g/mol. The van der Waals surface area contributed by atoms with Gasteiger partial charge in [0.05, 0.1) is 25.3 Å². The van der Waals surface area contributed by atoms with Gasteiger partial charge in [-0.3, -0.25) is 0 Å². The molecule has 0 spiro atoms. The third-order valence-corrected chi connectivity index (χ3v) is 4.35. The molecule has 1 aliphatic heterocycles. The fourth-order valence-corrected chi connectivity index (χ4v) is 2.60. The summed E-state index contributed by atoms with van der Waals surface area (Å²) < 4.78 is 26.1. The Kier molecular flexibility index (Phi) is 6.33. The van der Waals surface area contributed by atoms with Crippen molar-refractivity contribution in [3.63, 3.8) is 0 Å². The predicted molar refractivity (Wildman–Crippen MR) is 104 cm³/mol. The van der Waals surface area contributed by atoms with Crippen molar-refractivity contribution in [1.29, 1.82) is 0 Å². The smallest absolute Gasteiger partial charge is 0.338 e. The Morgan fingerprint density at radius 1 is 0.862 bits per heavy atom. The number of rotatable bonds is 8. The number of carbonyl (C=O) groups is 2. The van der Waals surface area contributed by atoms with Gasteiger partial charge in [-0.05, 0) is 48.5 Å².